The molecule has 4 heterocycles. The zero-order valence-corrected chi connectivity index (χ0v) is 17.0. The van der Waals surface area contributed by atoms with Gasteiger partial charge in [0.25, 0.3) is 5.79 Å². The maximum Gasteiger partial charge on any atom is 0.292 e. The van der Waals surface area contributed by atoms with E-state index in [1.54, 1.807) is 18.3 Å². The first kappa shape index (κ1) is 19.0. The van der Waals surface area contributed by atoms with Crippen molar-refractivity contribution in [1.29, 1.82) is 0 Å². The maximum atomic E-state index is 6.29. The number of pyridine rings is 1. The molecule has 3 aliphatic heterocycles. The Balaban J connectivity index is 0.000000948. The fourth-order valence-electron chi connectivity index (χ4n) is 4.01. The number of aromatic nitrogens is 1. The number of fused-ring (bicyclic) bond motifs is 1. The lowest BCUT2D eigenvalue weighted by molar-refractivity contribution is -0.835. The van der Waals surface area contributed by atoms with Crippen LogP contribution in [0.4, 0.5) is 0 Å². The summed E-state index contributed by atoms with van der Waals surface area (Å²) in [4.78, 5) is 4.37. The Bertz CT molecular complexity index is 771. The van der Waals surface area contributed by atoms with E-state index in [1.165, 1.54) is 16.6 Å². The lowest BCUT2D eigenvalue weighted by atomic mass is 9.88. The van der Waals surface area contributed by atoms with Gasteiger partial charge < -0.3 is 14.0 Å². The van der Waals surface area contributed by atoms with Crippen molar-refractivity contribution in [2.75, 3.05) is 20.1 Å². The summed E-state index contributed by atoms with van der Waals surface area (Å²) in [6.45, 7) is 14.3. The molecule has 0 saturated carbocycles. The van der Waals surface area contributed by atoms with Crippen LogP contribution in [0.1, 0.15) is 33.4 Å². The molecule has 0 spiro atoms. The second-order valence-electron chi connectivity index (χ2n) is 7.17. The summed E-state index contributed by atoms with van der Waals surface area (Å²) in [5.74, 6) is 1.07. The summed E-state index contributed by atoms with van der Waals surface area (Å²) in [6.07, 6.45) is 5.48. The van der Waals surface area contributed by atoms with E-state index in [0.717, 1.165) is 18.3 Å². The van der Waals surface area contributed by atoms with Crippen LogP contribution in [-0.4, -0.2) is 35.6 Å². The first-order chi connectivity index (χ1) is 12.4. The zero-order valence-electron chi connectivity index (χ0n) is 16.3. The van der Waals surface area contributed by atoms with Gasteiger partial charge in [0.1, 0.15) is 12.2 Å². The molecule has 1 aromatic heterocycles. The monoisotopic (exact) mass is 375 g/mol. The smallest absolute Gasteiger partial charge is 0.292 e. The number of rotatable bonds is 4. The van der Waals surface area contributed by atoms with Crippen molar-refractivity contribution in [3.8, 4) is 0 Å². The Morgan fingerprint density at radius 3 is 2.54 bits per heavy atom. The largest absolute Gasteiger partial charge is 0.443 e. The van der Waals surface area contributed by atoms with Crippen LogP contribution >= 0.6 is 11.6 Å². The van der Waals surface area contributed by atoms with Crippen LogP contribution in [-0.2, 0) is 15.3 Å². The van der Waals surface area contributed by atoms with Crippen molar-refractivity contribution < 1.29 is 14.0 Å². The lowest BCUT2D eigenvalue weighted by Gasteiger charge is -2.33. The zero-order chi connectivity index (χ0) is 19.1. The molecule has 2 saturated heterocycles. The molecule has 26 heavy (non-hydrogen) atoms. The van der Waals surface area contributed by atoms with Crippen molar-refractivity contribution in [2.24, 2.45) is 5.92 Å². The minimum Gasteiger partial charge on any atom is -0.443 e. The normalized spacial score (nSPS) is 34.6. The van der Waals surface area contributed by atoms with Crippen molar-refractivity contribution >= 4 is 11.6 Å². The van der Waals surface area contributed by atoms with Gasteiger partial charge in [-0.3, -0.25) is 4.98 Å². The number of allylic oxidation sites excluding steroid dienone is 3. The van der Waals surface area contributed by atoms with E-state index in [-0.39, 0.29) is 0 Å². The maximum absolute atomic E-state index is 6.29. The Labute approximate surface area is 161 Å². The molecule has 4 rings (SSSR count). The second kappa shape index (κ2) is 6.75. The van der Waals surface area contributed by atoms with E-state index in [1.807, 2.05) is 26.8 Å². The molecule has 0 aliphatic carbocycles. The highest BCUT2D eigenvalue weighted by atomic mass is 35.5. The van der Waals surface area contributed by atoms with Gasteiger partial charge in [-0.2, -0.15) is 0 Å². The van der Waals surface area contributed by atoms with E-state index in [4.69, 9.17) is 21.1 Å². The van der Waals surface area contributed by atoms with Crippen LogP contribution in [0.5, 0.6) is 0 Å². The number of ether oxygens (including phenoxy) is 2. The molecular formula is C21H28ClN2O2+. The number of halogens is 1. The van der Waals surface area contributed by atoms with E-state index >= 15 is 0 Å². The van der Waals surface area contributed by atoms with Crippen molar-refractivity contribution in [1.82, 2.24) is 4.98 Å². The molecule has 0 amide bonds. The fraction of sp³-hybridized carbons (Fsp3) is 0.476. The van der Waals surface area contributed by atoms with Crippen LogP contribution in [0.2, 0.25) is 5.02 Å². The summed E-state index contributed by atoms with van der Waals surface area (Å²) in [5.41, 5.74) is 1.91. The van der Waals surface area contributed by atoms with E-state index in [9.17, 15) is 0 Å². The average molecular weight is 376 g/mol. The average Bonchev–Trinajstić information content (AvgIpc) is 3.01. The van der Waals surface area contributed by atoms with Crippen molar-refractivity contribution in [2.45, 2.75) is 39.5 Å². The third kappa shape index (κ3) is 2.95. The number of likely N-dealkylation sites (N-methyl/N-ethyl adjacent to an activating group) is 1. The van der Waals surface area contributed by atoms with Gasteiger partial charge in [-0.25, -0.2) is 0 Å². The van der Waals surface area contributed by atoms with E-state index in [2.05, 4.69) is 31.6 Å². The molecule has 5 heteroatoms. The highest BCUT2D eigenvalue weighted by molar-refractivity contribution is 6.30. The van der Waals surface area contributed by atoms with Gasteiger partial charge in [-0.15, -0.1) is 0 Å². The SMILES string of the molecule is C=CC1=C(/C(=C\C)C2C[N+]3(C)CC23)OC(C)(c2ccc(Cl)cn2)O1.CC. The Kier molecular flexibility index (Phi) is 4.93. The van der Waals surface area contributed by atoms with Crippen LogP contribution < -0.4 is 0 Å². The molecule has 0 radical (unpaired) electrons. The standard InChI is InChI=1S/C19H22ClN2O2.C2H6/c1-5-13(14-10-22(4)11-15(14)22)18-16(6-2)23-19(3,24-18)17-8-7-12(20)9-21-17;1-2/h5-9,14-15H,2,10-11H2,1,3-4H3;1-2H3/q+1;/b13-5-;. The fourth-order valence-corrected chi connectivity index (χ4v) is 4.12. The summed E-state index contributed by atoms with van der Waals surface area (Å²) in [7, 11) is 2.31. The Morgan fingerprint density at radius 2 is 2.08 bits per heavy atom. The lowest BCUT2D eigenvalue weighted by Crippen LogP contribution is -2.46. The minimum atomic E-state index is -0.955. The molecule has 4 atom stereocenters. The first-order valence-electron chi connectivity index (χ1n) is 9.28. The molecule has 1 aromatic rings. The summed E-state index contributed by atoms with van der Waals surface area (Å²) >= 11 is 5.94. The van der Waals surface area contributed by atoms with Gasteiger partial charge in [0, 0.05) is 18.7 Å². The third-order valence-corrected chi connectivity index (χ3v) is 5.75. The number of hydrogen-bond acceptors (Lipinski definition) is 3. The molecule has 2 fully saturated rings. The molecule has 0 N–H and O–H groups in total. The van der Waals surface area contributed by atoms with Gasteiger partial charge >= 0.3 is 0 Å². The predicted octanol–water partition coefficient (Wildman–Crippen LogP) is 4.78. The van der Waals surface area contributed by atoms with Crippen LogP contribution in [0.3, 0.4) is 0 Å². The Hall–Kier alpha value is -1.78. The van der Waals surface area contributed by atoms with Gasteiger partial charge in [0.2, 0.25) is 0 Å². The minimum absolute atomic E-state index is 0.536. The van der Waals surface area contributed by atoms with Gasteiger partial charge in [0.15, 0.2) is 17.6 Å². The highest BCUT2D eigenvalue weighted by Crippen LogP contribution is 2.53. The van der Waals surface area contributed by atoms with Gasteiger partial charge in [-0.1, -0.05) is 38.1 Å². The molecule has 0 aromatic carbocycles. The number of quaternary nitrogens is 1. The topological polar surface area (TPSA) is 31.4 Å². The summed E-state index contributed by atoms with van der Waals surface area (Å²) in [6, 6.07) is 4.35. The molecule has 0 bridgehead atoms. The second-order valence-corrected chi connectivity index (χ2v) is 7.61. The quantitative estimate of drug-likeness (QED) is 0.560. The summed E-state index contributed by atoms with van der Waals surface area (Å²) < 4.78 is 13.6. The number of hydrogen-bond donors (Lipinski definition) is 0. The Morgan fingerprint density at radius 1 is 1.35 bits per heavy atom. The van der Waals surface area contributed by atoms with Gasteiger partial charge in [-0.05, 0) is 25.1 Å². The first-order valence-corrected chi connectivity index (χ1v) is 9.65. The highest BCUT2D eigenvalue weighted by Gasteiger charge is 2.68. The summed E-state index contributed by atoms with van der Waals surface area (Å²) in [5, 5.41) is 0.590. The molecule has 4 nitrogen and oxygen atoms in total. The molecule has 3 aliphatic rings. The van der Waals surface area contributed by atoms with Crippen LogP contribution in [0.25, 0.3) is 0 Å². The molecule has 4 unspecified atom stereocenters. The van der Waals surface area contributed by atoms with Crippen LogP contribution in [0.15, 0.2) is 54.2 Å². The number of nitrogens with zero attached hydrogens (tertiary/aromatic N) is 2. The van der Waals surface area contributed by atoms with Crippen molar-refractivity contribution in [3.63, 3.8) is 0 Å². The molecule has 140 valence electrons. The van der Waals surface area contributed by atoms with E-state index < -0.39 is 5.79 Å². The van der Waals surface area contributed by atoms with Gasteiger partial charge in [0.05, 0.1) is 24.5 Å². The van der Waals surface area contributed by atoms with E-state index in [0.29, 0.717) is 22.4 Å². The third-order valence-electron chi connectivity index (χ3n) is 5.53. The van der Waals surface area contributed by atoms with Crippen molar-refractivity contribution in [3.05, 3.63) is 64.9 Å². The van der Waals surface area contributed by atoms with Crippen LogP contribution in [0, 0.1) is 5.92 Å². The molecular weight excluding hydrogens is 348 g/mol. The predicted molar refractivity (Wildman–Crippen MR) is 104 cm³/mol.